The van der Waals surface area contributed by atoms with Gasteiger partial charge in [0.15, 0.2) is 18.2 Å². The van der Waals surface area contributed by atoms with E-state index >= 15 is 0 Å². The molecular weight excluding hydrogens is 410 g/mol. The van der Waals surface area contributed by atoms with Gasteiger partial charge in [-0.05, 0) is 55.0 Å². The third-order valence-corrected chi connectivity index (χ3v) is 4.64. The number of Topliss-reactive ketones (excluding diaryl/α,β-unsaturated/α-hetero) is 2. The summed E-state index contributed by atoms with van der Waals surface area (Å²) < 4.78 is 10.6. The van der Waals surface area contributed by atoms with Gasteiger partial charge in [0.1, 0.15) is 5.75 Å². The largest absolute Gasteiger partial charge is 0.494 e. The Hall–Kier alpha value is -3.48. The SMILES string of the molecule is CCCCCOc1ccc(C(=O)CCC(=O)OCC(=O)c2ccc(NC(C)=O)cc2)cc1. The molecule has 1 N–H and O–H groups in total. The first-order chi connectivity index (χ1) is 15.4. The van der Waals surface area contributed by atoms with E-state index in [0.717, 1.165) is 19.3 Å². The Bertz CT molecular complexity index is 918. The Morgan fingerprint density at radius 1 is 0.812 bits per heavy atom. The van der Waals surface area contributed by atoms with Crippen molar-refractivity contribution in [2.45, 2.75) is 46.0 Å². The number of carbonyl (C=O) groups excluding carboxylic acids is 4. The van der Waals surface area contributed by atoms with Crippen LogP contribution in [0.4, 0.5) is 5.69 Å². The minimum atomic E-state index is -0.613. The molecule has 0 aliphatic heterocycles. The van der Waals surface area contributed by atoms with E-state index in [1.165, 1.54) is 6.92 Å². The summed E-state index contributed by atoms with van der Waals surface area (Å²) in [6.07, 6.45) is 3.12. The van der Waals surface area contributed by atoms with Gasteiger partial charge in [-0.1, -0.05) is 19.8 Å². The molecule has 32 heavy (non-hydrogen) atoms. The van der Waals surface area contributed by atoms with Crippen LogP contribution < -0.4 is 10.1 Å². The van der Waals surface area contributed by atoms with Gasteiger partial charge in [-0.15, -0.1) is 0 Å². The van der Waals surface area contributed by atoms with Crippen molar-refractivity contribution < 1.29 is 28.7 Å². The summed E-state index contributed by atoms with van der Waals surface area (Å²) in [5.74, 6) is -0.662. The zero-order valence-electron chi connectivity index (χ0n) is 18.5. The molecule has 0 saturated carbocycles. The first-order valence-corrected chi connectivity index (χ1v) is 10.7. The van der Waals surface area contributed by atoms with Crippen LogP contribution in [0.2, 0.25) is 0 Å². The fourth-order valence-electron chi connectivity index (χ4n) is 2.88. The van der Waals surface area contributed by atoms with Gasteiger partial charge in [0, 0.05) is 30.2 Å². The summed E-state index contributed by atoms with van der Waals surface area (Å²) in [4.78, 5) is 47.4. The van der Waals surface area contributed by atoms with Crippen molar-refractivity contribution in [3.05, 3.63) is 59.7 Å². The molecule has 7 heteroatoms. The lowest BCUT2D eigenvalue weighted by atomic mass is 10.1. The summed E-state index contributed by atoms with van der Waals surface area (Å²) in [6, 6.07) is 13.1. The number of esters is 1. The van der Waals surface area contributed by atoms with Crippen molar-refractivity contribution >= 4 is 29.1 Å². The Kier molecular flexibility index (Phi) is 10.1. The predicted molar refractivity (Wildman–Crippen MR) is 121 cm³/mol. The summed E-state index contributed by atoms with van der Waals surface area (Å²) in [5, 5.41) is 2.60. The first kappa shape index (κ1) is 24.8. The van der Waals surface area contributed by atoms with Crippen LogP contribution in [0.1, 0.15) is 66.7 Å². The second-order valence-electron chi connectivity index (χ2n) is 7.35. The van der Waals surface area contributed by atoms with E-state index in [0.29, 0.717) is 29.2 Å². The molecule has 2 aromatic rings. The second kappa shape index (κ2) is 13.0. The molecule has 0 spiro atoms. The van der Waals surface area contributed by atoms with Gasteiger partial charge in [-0.25, -0.2) is 0 Å². The van der Waals surface area contributed by atoms with Crippen molar-refractivity contribution in [3.8, 4) is 5.75 Å². The van der Waals surface area contributed by atoms with Gasteiger partial charge < -0.3 is 14.8 Å². The average Bonchev–Trinajstić information content (AvgIpc) is 2.79. The number of hydrogen-bond donors (Lipinski definition) is 1. The van der Waals surface area contributed by atoms with Gasteiger partial charge in [-0.3, -0.25) is 19.2 Å². The summed E-state index contributed by atoms with van der Waals surface area (Å²) in [6.45, 7) is 3.76. The number of ketones is 2. The van der Waals surface area contributed by atoms with Crippen LogP contribution in [0.15, 0.2) is 48.5 Å². The van der Waals surface area contributed by atoms with Crippen molar-refractivity contribution in [1.29, 1.82) is 0 Å². The Balaban J connectivity index is 1.72. The lowest BCUT2D eigenvalue weighted by Gasteiger charge is -2.07. The van der Waals surface area contributed by atoms with Gasteiger partial charge in [0.05, 0.1) is 13.0 Å². The predicted octanol–water partition coefficient (Wildman–Crippen LogP) is 4.60. The van der Waals surface area contributed by atoms with Crippen LogP contribution in [0.25, 0.3) is 0 Å². The Morgan fingerprint density at radius 3 is 2.06 bits per heavy atom. The zero-order valence-corrected chi connectivity index (χ0v) is 18.5. The number of anilines is 1. The number of unbranched alkanes of at least 4 members (excludes halogenated alkanes) is 2. The lowest BCUT2D eigenvalue weighted by molar-refractivity contribution is -0.142. The fourth-order valence-corrected chi connectivity index (χ4v) is 2.88. The highest BCUT2D eigenvalue weighted by Gasteiger charge is 2.13. The number of carbonyl (C=O) groups is 4. The number of amides is 1. The Labute approximate surface area is 188 Å². The molecule has 0 aliphatic carbocycles. The lowest BCUT2D eigenvalue weighted by Crippen LogP contribution is -2.15. The molecule has 7 nitrogen and oxygen atoms in total. The normalized spacial score (nSPS) is 10.3. The molecule has 0 atom stereocenters. The topological polar surface area (TPSA) is 98.8 Å². The molecule has 170 valence electrons. The third kappa shape index (κ3) is 8.71. The molecule has 0 saturated heterocycles. The van der Waals surface area contributed by atoms with Crippen LogP contribution in [0, 0.1) is 0 Å². The summed E-state index contributed by atoms with van der Waals surface area (Å²) >= 11 is 0. The van der Waals surface area contributed by atoms with Crippen molar-refractivity contribution in [1.82, 2.24) is 0 Å². The van der Waals surface area contributed by atoms with Gasteiger partial charge in [0.2, 0.25) is 5.91 Å². The first-order valence-electron chi connectivity index (χ1n) is 10.7. The highest BCUT2D eigenvalue weighted by Crippen LogP contribution is 2.15. The molecule has 0 radical (unpaired) electrons. The third-order valence-electron chi connectivity index (χ3n) is 4.64. The van der Waals surface area contributed by atoms with E-state index in [4.69, 9.17) is 9.47 Å². The molecule has 0 aromatic heterocycles. The van der Waals surface area contributed by atoms with E-state index in [-0.39, 0.29) is 30.3 Å². The number of nitrogens with one attached hydrogen (secondary N) is 1. The number of hydrogen-bond acceptors (Lipinski definition) is 6. The van der Waals surface area contributed by atoms with Crippen molar-refractivity contribution in [2.24, 2.45) is 0 Å². The van der Waals surface area contributed by atoms with Crippen LogP contribution in [-0.2, 0) is 14.3 Å². The summed E-state index contributed by atoms with van der Waals surface area (Å²) in [5.41, 5.74) is 1.43. The van der Waals surface area contributed by atoms with Crippen molar-refractivity contribution in [2.75, 3.05) is 18.5 Å². The average molecular weight is 440 g/mol. The molecule has 2 aromatic carbocycles. The van der Waals surface area contributed by atoms with E-state index in [1.807, 2.05) is 0 Å². The van der Waals surface area contributed by atoms with E-state index in [1.54, 1.807) is 48.5 Å². The monoisotopic (exact) mass is 439 g/mol. The molecule has 0 heterocycles. The highest BCUT2D eigenvalue weighted by molar-refractivity contribution is 5.99. The van der Waals surface area contributed by atoms with E-state index in [9.17, 15) is 19.2 Å². The number of ether oxygens (including phenoxy) is 2. The molecule has 2 rings (SSSR count). The van der Waals surface area contributed by atoms with E-state index in [2.05, 4.69) is 12.2 Å². The van der Waals surface area contributed by atoms with E-state index < -0.39 is 12.6 Å². The minimum Gasteiger partial charge on any atom is -0.494 e. The fraction of sp³-hybridized carbons (Fsp3) is 0.360. The minimum absolute atomic E-state index is 0.00482. The molecule has 1 amide bonds. The maximum Gasteiger partial charge on any atom is 0.306 e. The van der Waals surface area contributed by atoms with Crippen molar-refractivity contribution in [3.63, 3.8) is 0 Å². The van der Waals surface area contributed by atoms with Crippen LogP contribution >= 0.6 is 0 Å². The molecule has 0 bridgehead atoms. The highest BCUT2D eigenvalue weighted by atomic mass is 16.5. The number of benzene rings is 2. The smallest absolute Gasteiger partial charge is 0.306 e. The quantitative estimate of drug-likeness (QED) is 0.278. The zero-order chi connectivity index (χ0) is 23.3. The molecule has 0 unspecified atom stereocenters. The van der Waals surface area contributed by atoms with Crippen LogP contribution in [0.5, 0.6) is 5.75 Å². The maximum absolute atomic E-state index is 12.3. The van der Waals surface area contributed by atoms with Gasteiger partial charge >= 0.3 is 5.97 Å². The summed E-state index contributed by atoms with van der Waals surface area (Å²) in [7, 11) is 0. The van der Waals surface area contributed by atoms with Gasteiger partial charge in [-0.2, -0.15) is 0 Å². The molecule has 0 aliphatic rings. The number of rotatable bonds is 13. The second-order valence-corrected chi connectivity index (χ2v) is 7.35. The Morgan fingerprint density at radius 2 is 1.44 bits per heavy atom. The maximum atomic E-state index is 12.3. The van der Waals surface area contributed by atoms with Crippen LogP contribution in [0.3, 0.4) is 0 Å². The van der Waals surface area contributed by atoms with Gasteiger partial charge in [0.25, 0.3) is 0 Å². The molecule has 0 fully saturated rings. The molecular formula is C25H29NO6. The van der Waals surface area contributed by atoms with Crippen LogP contribution in [-0.4, -0.2) is 36.7 Å². The standard InChI is InChI=1S/C25H29NO6/c1-3-4-5-16-31-22-12-8-19(9-13-22)23(28)14-15-25(30)32-17-24(29)20-6-10-21(11-7-20)26-18(2)27/h6-13H,3-5,14-17H2,1-2H3,(H,26,27).